The van der Waals surface area contributed by atoms with E-state index in [1.165, 1.54) is 12.0 Å². The Labute approximate surface area is 319 Å². The highest BCUT2D eigenvalue weighted by Crippen LogP contribution is 2.64. The van der Waals surface area contributed by atoms with Crippen LogP contribution in [0.25, 0.3) is 0 Å². The van der Waals surface area contributed by atoms with Crippen LogP contribution in [0.15, 0.2) is 109 Å². The Balaban J connectivity index is 1.16. The largest absolute Gasteiger partial charge is 0.504 e. The van der Waals surface area contributed by atoms with Gasteiger partial charge in [-0.05, 0) is 85.3 Å². The van der Waals surface area contributed by atoms with Gasteiger partial charge in [0, 0.05) is 24.7 Å². The number of aromatic hydroxyl groups is 1. The summed E-state index contributed by atoms with van der Waals surface area (Å²) >= 11 is 0. The lowest BCUT2D eigenvalue weighted by molar-refractivity contribution is -0.138. The van der Waals surface area contributed by atoms with Gasteiger partial charge >= 0.3 is 0 Å². The van der Waals surface area contributed by atoms with E-state index in [1.54, 1.807) is 12.1 Å². The fourth-order valence-electron chi connectivity index (χ4n) is 9.90. The molecule has 4 amide bonds. The molecule has 280 valence electrons. The first-order valence-corrected chi connectivity index (χ1v) is 18.9. The van der Waals surface area contributed by atoms with Crippen LogP contribution in [0.4, 0.5) is 17.1 Å². The molecule has 9 rings (SSSR count). The van der Waals surface area contributed by atoms with E-state index in [4.69, 9.17) is 9.47 Å². The molecule has 11 heteroatoms. The molecule has 11 nitrogen and oxygen atoms in total. The molecule has 3 aliphatic heterocycles. The number of phenols is 1. The average molecular weight is 739 g/mol. The maximum absolute atomic E-state index is 15.3. The molecule has 3 heterocycles. The third-order valence-corrected chi connectivity index (χ3v) is 12.4. The maximum atomic E-state index is 15.3. The lowest BCUT2D eigenvalue weighted by Crippen LogP contribution is -2.53. The van der Waals surface area contributed by atoms with Crippen molar-refractivity contribution in [2.24, 2.45) is 23.7 Å². The van der Waals surface area contributed by atoms with Crippen LogP contribution in [0, 0.1) is 30.6 Å². The van der Waals surface area contributed by atoms with E-state index in [1.807, 2.05) is 97.9 Å². The number of hydrogen-bond acceptors (Lipinski definition) is 9. The molecule has 2 aliphatic carbocycles. The van der Waals surface area contributed by atoms with Gasteiger partial charge in [-0.15, -0.1) is 0 Å². The first-order valence-electron chi connectivity index (χ1n) is 18.9. The minimum absolute atomic E-state index is 0.110. The summed E-state index contributed by atoms with van der Waals surface area (Å²) in [5.41, 5.74) is 6.88. The predicted molar refractivity (Wildman–Crippen MR) is 205 cm³/mol. The number of nitrogens with one attached hydrogen (secondary N) is 1. The van der Waals surface area contributed by atoms with Crippen molar-refractivity contribution < 1.29 is 33.8 Å². The zero-order valence-corrected chi connectivity index (χ0v) is 30.7. The van der Waals surface area contributed by atoms with Crippen LogP contribution in [0.5, 0.6) is 11.5 Å². The van der Waals surface area contributed by atoms with Gasteiger partial charge in [0.2, 0.25) is 11.8 Å². The Morgan fingerprint density at radius 1 is 0.818 bits per heavy atom. The van der Waals surface area contributed by atoms with E-state index in [0.717, 1.165) is 34.9 Å². The Kier molecular flexibility index (Phi) is 8.49. The second kappa shape index (κ2) is 13.4. The van der Waals surface area contributed by atoms with Crippen LogP contribution in [0.3, 0.4) is 0 Å². The van der Waals surface area contributed by atoms with Crippen LogP contribution < -0.4 is 20.0 Å². The number of hydrogen-bond donors (Lipinski definition) is 2. The van der Waals surface area contributed by atoms with Crippen molar-refractivity contribution in [1.82, 2.24) is 5.01 Å². The number of hydrazine groups is 1. The molecule has 0 radical (unpaired) electrons. The Morgan fingerprint density at radius 2 is 1.53 bits per heavy atom. The summed E-state index contributed by atoms with van der Waals surface area (Å²) in [7, 11) is 1.47. The number of carbonyl (C=O) groups is 4. The van der Waals surface area contributed by atoms with Crippen molar-refractivity contribution in [3.05, 3.63) is 125 Å². The van der Waals surface area contributed by atoms with Crippen LogP contribution in [-0.2, 0) is 29.3 Å². The number of nitrogens with zero attached hydrogens (tertiary/aromatic N) is 3. The molecule has 4 aromatic carbocycles. The SMILES string of the molecule is COc1ccc([C@H]2C3=CC[C@@H]4C(=O)N(c5ccc(N6CCOCC6)cc5)C(=O)[C@@H]4[C@@H]3C[C@H]3C(=O)N(Nc4ccc(C)cc4)C(=O)[C@@]23c2ccccc2)cc1O. The average Bonchev–Trinajstić information content (AvgIpc) is 3.60. The van der Waals surface area contributed by atoms with Gasteiger partial charge in [0.1, 0.15) is 0 Å². The van der Waals surface area contributed by atoms with Gasteiger partial charge in [0.05, 0.1) is 54.9 Å². The quantitative estimate of drug-likeness (QED) is 0.180. The highest BCUT2D eigenvalue weighted by Gasteiger charge is 2.70. The second-order valence-electron chi connectivity index (χ2n) is 15.2. The van der Waals surface area contributed by atoms with Crippen LogP contribution in [-0.4, -0.2) is 67.2 Å². The molecule has 2 N–H and O–H groups in total. The summed E-state index contributed by atoms with van der Waals surface area (Å²) in [6, 6.07) is 29.4. The fourth-order valence-corrected chi connectivity index (χ4v) is 9.90. The van der Waals surface area contributed by atoms with E-state index < -0.39 is 46.8 Å². The number of carbonyl (C=O) groups excluding carboxylic acids is 4. The van der Waals surface area contributed by atoms with Crippen molar-refractivity contribution in [2.45, 2.75) is 31.1 Å². The molecule has 4 aromatic rings. The lowest BCUT2D eigenvalue weighted by atomic mass is 9.49. The number of methoxy groups -OCH3 is 1. The zero-order chi connectivity index (χ0) is 38.0. The van der Waals surface area contributed by atoms with Gasteiger partial charge in [-0.2, -0.15) is 5.01 Å². The lowest BCUT2D eigenvalue weighted by Gasteiger charge is -2.50. The monoisotopic (exact) mass is 738 g/mol. The van der Waals surface area contributed by atoms with E-state index in [2.05, 4.69) is 10.3 Å². The zero-order valence-electron chi connectivity index (χ0n) is 30.7. The van der Waals surface area contributed by atoms with Crippen molar-refractivity contribution >= 4 is 40.7 Å². The Hall–Kier alpha value is -5.94. The smallest absolute Gasteiger partial charge is 0.260 e. The molecule has 3 saturated heterocycles. The Morgan fingerprint density at radius 3 is 2.22 bits per heavy atom. The van der Waals surface area contributed by atoms with Crippen LogP contribution >= 0.6 is 0 Å². The summed E-state index contributed by atoms with van der Waals surface area (Å²) in [5.74, 6) is -4.80. The topological polar surface area (TPSA) is 129 Å². The molecule has 55 heavy (non-hydrogen) atoms. The van der Waals surface area contributed by atoms with E-state index in [-0.39, 0.29) is 29.7 Å². The number of morpholine rings is 1. The van der Waals surface area contributed by atoms with Crippen LogP contribution in [0.1, 0.15) is 35.4 Å². The van der Waals surface area contributed by atoms with Gasteiger partial charge in [-0.3, -0.25) is 29.5 Å². The number of allylic oxidation sites excluding steroid dienone is 2. The number of rotatable bonds is 7. The molecule has 0 aromatic heterocycles. The van der Waals surface area contributed by atoms with Gasteiger partial charge in [-0.25, -0.2) is 0 Å². The first-order chi connectivity index (χ1) is 26.7. The number of phenolic OH excluding ortho intramolecular Hbond substituents is 1. The molecule has 1 saturated carbocycles. The van der Waals surface area contributed by atoms with Gasteiger partial charge in [-0.1, -0.05) is 65.7 Å². The van der Waals surface area contributed by atoms with Gasteiger partial charge in [0.25, 0.3) is 11.8 Å². The summed E-state index contributed by atoms with van der Waals surface area (Å²) in [6.07, 6.45) is 2.49. The molecular formula is C44H42N4O7. The van der Waals surface area contributed by atoms with Crippen LogP contribution in [0.2, 0.25) is 0 Å². The highest BCUT2D eigenvalue weighted by atomic mass is 16.5. The third-order valence-electron chi connectivity index (χ3n) is 12.4. The fraction of sp³-hybridized carbons (Fsp3) is 0.318. The minimum atomic E-state index is -1.44. The molecule has 5 aliphatic rings. The molecule has 6 atom stereocenters. The highest BCUT2D eigenvalue weighted by molar-refractivity contribution is 6.22. The number of ether oxygens (including phenoxy) is 2. The number of imide groups is 2. The van der Waals surface area contributed by atoms with Crippen molar-refractivity contribution in [1.29, 1.82) is 0 Å². The molecule has 0 spiro atoms. The summed E-state index contributed by atoms with van der Waals surface area (Å²) in [4.78, 5) is 62.7. The summed E-state index contributed by atoms with van der Waals surface area (Å²) in [6.45, 7) is 4.77. The first kappa shape index (κ1) is 34.8. The summed E-state index contributed by atoms with van der Waals surface area (Å²) < 4.78 is 10.9. The number of amides is 4. The van der Waals surface area contributed by atoms with Gasteiger partial charge in [0.15, 0.2) is 11.5 Å². The molecular weight excluding hydrogens is 697 g/mol. The number of benzene rings is 4. The number of fused-ring (bicyclic) bond motifs is 4. The van der Waals surface area contributed by atoms with Crippen molar-refractivity contribution in [2.75, 3.05) is 48.6 Å². The minimum Gasteiger partial charge on any atom is -0.504 e. The Bertz CT molecular complexity index is 2220. The second-order valence-corrected chi connectivity index (χ2v) is 15.2. The van der Waals surface area contributed by atoms with Crippen molar-refractivity contribution in [3.63, 3.8) is 0 Å². The molecule has 0 bridgehead atoms. The maximum Gasteiger partial charge on any atom is 0.260 e. The molecule has 0 unspecified atom stereocenters. The van der Waals surface area contributed by atoms with Crippen molar-refractivity contribution in [3.8, 4) is 11.5 Å². The van der Waals surface area contributed by atoms with E-state index in [9.17, 15) is 19.5 Å². The molecule has 4 fully saturated rings. The number of anilines is 3. The van der Waals surface area contributed by atoms with E-state index >= 15 is 4.79 Å². The number of aryl methyl sites for hydroxylation is 1. The standard InChI is InChI=1S/C44H42N4O7/c1-26-8-11-29(12-9-26)45-48-41(51)35-25-34-32(39(27-10-19-37(54-2)36(49)24-27)44(35,43(48)53)28-6-4-3-5-7-28)17-18-33-38(34)42(52)47(40(33)50)31-15-13-30(14-16-31)46-20-22-55-23-21-46/h3-17,19,24,33-35,38-39,45,49H,18,20-23,25H2,1-2H3/t33-,34+,35-,38-,39-,44+/m0/s1. The predicted octanol–water partition coefficient (Wildman–Crippen LogP) is 5.74. The van der Waals surface area contributed by atoms with Gasteiger partial charge < -0.3 is 19.5 Å². The third kappa shape index (κ3) is 5.35. The normalized spacial score (nSPS) is 27.4. The summed E-state index contributed by atoms with van der Waals surface area (Å²) in [5, 5.41) is 12.3. The van der Waals surface area contributed by atoms with E-state index in [0.29, 0.717) is 42.1 Å².